The van der Waals surface area contributed by atoms with Crippen molar-refractivity contribution < 1.29 is 9.59 Å². The van der Waals surface area contributed by atoms with Gasteiger partial charge in [0.25, 0.3) is 0 Å². The van der Waals surface area contributed by atoms with Gasteiger partial charge in [0.15, 0.2) is 0 Å². The number of halogens is 2. The standard InChI is InChI=1S/C17H16BrClN2O2/c1-11-14(19)7-4-8-15(11)21-17(23)10-20-16(22)9-12-5-2-3-6-13(12)18/h2-8H,9-10H2,1H3,(H,20,22)(H,21,23). The van der Waals surface area contributed by atoms with Crippen LogP contribution in [0.5, 0.6) is 0 Å². The van der Waals surface area contributed by atoms with E-state index in [1.54, 1.807) is 18.2 Å². The summed E-state index contributed by atoms with van der Waals surface area (Å²) < 4.78 is 0.870. The molecule has 0 fully saturated rings. The number of hydrogen-bond donors (Lipinski definition) is 2. The first kappa shape index (κ1) is 17.5. The van der Waals surface area contributed by atoms with Crippen molar-refractivity contribution in [1.29, 1.82) is 0 Å². The lowest BCUT2D eigenvalue weighted by Gasteiger charge is -2.10. The molecule has 0 aromatic heterocycles. The predicted molar refractivity (Wildman–Crippen MR) is 95.7 cm³/mol. The van der Waals surface area contributed by atoms with Crippen molar-refractivity contribution in [3.8, 4) is 0 Å². The Morgan fingerprint density at radius 2 is 1.83 bits per heavy atom. The largest absolute Gasteiger partial charge is 0.347 e. The van der Waals surface area contributed by atoms with Gasteiger partial charge in [0, 0.05) is 15.2 Å². The first-order valence-electron chi connectivity index (χ1n) is 7.02. The molecule has 0 aliphatic heterocycles. The van der Waals surface area contributed by atoms with Crippen LogP contribution in [0.25, 0.3) is 0 Å². The normalized spacial score (nSPS) is 10.2. The molecular weight excluding hydrogens is 380 g/mol. The Labute approximate surface area is 148 Å². The molecular formula is C17H16BrClN2O2. The Morgan fingerprint density at radius 1 is 1.09 bits per heavy atom. The van der Waals surface area contributed by atoms with Crippen LogP contribution in [0, 0.1) is 6.92 Å². The summed E-state index contributed by atoms with van der Waals surface area (Å²) in [5.41, 5.74) is 2.31. The molecule has 6 heteroatoms. The second kappa shape index (κ2) is 8.13. The molecule has 2 N–H and O–H groups in total. The van der Waals surface area contributed by atoms with Crippen molar-refractivity contribution in [2.24, 2.45) is 0 Å². The molecule has 2 aromatic rings. The number of hydrogen-bond acceptors (Lipinski definition) is 2. The Balaban J connectivity index is 1.86. The van der Waals surface area contributed by atoms with Crippen molar-refractivity contribution in [1.82, 2.24) is 5.32 Å². The molecule has 23 heavy (non-hydrogen) atoms. The predicted octanol–water partition coefficient (Wildman–Crippen LogP) is 3.71. The van der Waals surface area contributed by atoms with E-state index >= 15 is 0 Å². The zero-order valence-electron chi connectivity index (χ0n) is 12.5. The van der Waals surface area contributed by atoms with Gasteiger partial charge in [-0.05, 0) is 36.2 Å². The van der Waals surface area contributed by atoms with Crippen LogP contribution in [0.2, 0.25) is 5.02 Å². The minimum absolute atomic E-state index is 0.0881. The maximum Gasteiger partial charge on any atom is 0.243 e. The molecule has 0 saturated heterocycles. The van der Waals surface area contributed by atoms with Crippen molar-refractivity contribution >= 4 is 45.0 Å². The molecule has 2 aromatic carbocycles. The van der Waals surface area contributed by atoms with Crippen LogP contribution in [0.3, 0.4) is 0 Å². The summed E-state index contributed by atoms with van der Waals surface area (Å²) in [5.74, 6) is -0.509. The lowest BCUT2D eigenvalue weighted by Crippen LogP contribution is -2.34. The van der Waals surface area contributed by atoms with Crippen LogP contribution in [-0.2, 0) is 16.0 Å². The Bertz CT molecular complexity index is 734. The third-order valence-electron chi connectivity index (χ3n) is 3.30. The molecule has 0 saturated carbocycles. The smallest absolute Gasteiger partial charge is 0.243 e. The maximum atomic E-state index is 11.9. The van der Waals surface area contributed by atoms with E-state index in [0.717, 1.165) is 15.6 Å². The summed E-state index contributed by atoms with van der Waals surface area (Å²) in [7, 11) is 0. The van der Waals surface area contributed by atoms with Gasteiger partial charge >= 0.3 is 0 Å². The summed E-state index contributed by atoms with van der Waals surface area (Å²) in [6, 6.07) is 12.8. The van der Waals surface area contributed by atoms with E-state index in [1.165, 1.54) is 0 Å². The van der Waals surface area contributed by atoms with Gasteiger partial charge in [-0.1, -0.05) is 51.8 Å². The fourth-order valence-corrected chi connectivity index (χ4v) is 2.59. The SMILES string of the molecule is Cc1c(Cl)cccc1NC(=O)CNC(=O)Cc1ccccc1Br. The monoisotopic (exact) mass is 394 g/mol. The van der Waals surface area contributed by atoms with Gasteiger partial charge in [-0.3, -0.25) is 9.59 Å². The van der Waals surface area contributed by atoms with Crippen LogP contribution in [0.15, 0.2) is 46.9 Å². The zero-order valence-corrected chi connectivity index (χ0v) is 14.9. The van der Waals surface area contributed by atoms with Gasteiger partial charge in [0.05, 0.1) is 13.0 Å². The first-order chi connectivity index (χ1) is 11.0. The maximum absolute atomic E-state index is 11.9. The first-order valence-corrected chi connectivity index (χ1v) is 8.19. The van der Waals surface area contributed by atoms with Gasteiger partial charge < -0.3 is 10.6 Å². The zero-order chi connectivity index (χ0) is 16.8. The molecule has 0 aliphatic rings. The summed E-state index contributed by atoms with van der Waals surface area (Å²) in [4.78, 5) is 23.8. The van der Waals surface area contributed by atoms with Crippen molar-refractivity contribution in [2.45, 2.75) is 13.3 Å². The molecule has 4 nitrogen and oxygen atoms in total. The number of rotatable bonds is 5. The summed E-state index contributed by atoms with van der Waals surface area (Å²) in [6.07, 6.45) is 0.213. The average molecular weight is 396 g/mol. The number of amides is 2. The average Bonchev–Trinajstić information content (AvgIpc) is 2.52. The van der Waals surface area contributed by atoms with E-state index in [1.807, 2.05) is 31.2 Å². The van der Waals surface area contributed by atoms with Crippen LogP contribution in [0.1, 0.15) is 11.1 Å². The minimum Gasteiger partial charge on any atom is -0.347 e. The van der Waals surface area contributed by atoms with Crippen LogP contribution in [0.4, 0.5) is 5.69 Å². The molecule has 2 amide bonds. The second-order valence-corrected chi connectivity index (χ2v) is 6.27. The van der Waals surface area contributed by atoms with Gasteiger partial charge in [0.2, 0.25) is 11.8 Å². The van der Waals surface area contributed by atoms with Gasteiger partial charge in [-0.25, -0.2) is 0 Å². The van der Waals surface area contributed by atoms with Crippen LogP contribution >= 0.6 is 27.5 Å². The van der Waals surface area contributed by atoms with Gasteiger partial charge in [-0.15, -0.1) is 0 Å². The van der Waals surface area contributed by atoms with E-state index in [9.17, 15) is 9.59 Å². The third kappa shape index (κ3) is 5.08. The minimum atomic E-state index is -0.296. The summed E-state index contributed by atoms with van der Waals surface area (Å²) in [6.45, 7) is 1.73. The number of nitrogens with one attached hydrogen (secondary N) is 2. The lowest BCUT2D eigenvalue weighted by molar-refractivity contribution is -0.123. The molecule has 0 unspecified atom stereocenters. The van der Waals surface area contributed by atoms with E-state index in [-0.39, 0.29) is 24.8 Å². The molecule has 0 aliphatic carbocycles. The molecule has 0 bridgehead atoms. The van der Waals surface area contributed by atoms with E-state index in [0.29, 0.717) is 10.7 Å². The highest BCUT2D eigenvalue weighted by Crippen LogP contribution is 2.22. The second-order valence-electron chi connectivity index (χ2n) is 5.01. The molecule has 0 spiro atoms. The molecule has 0 radical (unpaired) electrons. The number of carbonyl (C=O) groups is 2. The van der Waals surface area contributed by atoms with Crippen LogP contribution < -0.4 is 10.6 Å². The fraction of sp³-hybridized carbons (Fsp3) is 0.176. The topological polar surface area (TPSA) is 58.2 Å². The molecule has 0 atom stereocenters. The number of anilines is 1. The Hall–Kier alpha value is -1.85. The van der Waals surface area contributed by atoms with E-state index in [4.69, 9.17) is 11.6 Å². The summed E-state index contributed by atoms with van der Waals surface area (Å²) in [5, 5.41) is 5.93. The highest BCUT2D eigenvalue weighted by Gasteiger charge is 2.10. The molecule has 0 heterocycles. The highest BCUT2D eigenvalue weighted by molar-refractivity contribution is 9.10. The van der Waals surface area contributed by atoms with Crippen LogP contribution in [-0.4, -0.2) is 18.4 Å². The highest BCUT2D eigenvalue weighted by atomic mass is 79.9. The van der Waals surface area contributed by atoms with Gasteiger partial charge in [-0.2, -0.15) is 0 Å². The van der Waals surface area contributed by atoms with Crippen molar-refractivity contribution in [2.75, 3.05) is 11.9 Å². The molecule has 120 valence electrons. The van der Waals surface area contributed by atoms with E-state index in [2.05, 4.69) is 26.6 Å². The Morgan fingerprint density at radius 3 is 2.57 bits per heavy atom. The van der Waals surface area contributed by atoms with E-state index < -0.39 is 0 Å². The Kier molecular flexibility index (Phi) is 6.19. The summed E-state index contributed by atoms with van der Waals surface area (Å²) >= 11 is 9.40. The number of benzene rings is 2. The number of carbonyl (C=O) groups excluding carboxylic acids is 2. The van der Waals surface area contributed by atoms with Crippen molar-refractivity contribution in [3.05, 3.63) is 63.1 Å². The lowest BCUT2D eigenvalue weighted by atomic mass is 10.1. The van der Waals surface area contributed by atoms with Gasteiger partial charge in [0.1, 0.15) is 0 Å². The van der Waals surface area contributed by atoms with Crippen molar-refractivity contribution in [3.63, 3.8) is 0 Å². The fourth-order valence-electron chi connectivity index (χ4n) is 1.99. The quantitative estimate of drug-likeness (QED) is 0.811. The molecule has 2 rings (SSSR count). The third-order valence-corrected chi connectivity index (χ3v) is 4.48.